The fraction of sp³-hybridized carbons (Fsp3) is 0.185. The van der Waals surface area contributed by atoms with Crippen molar-refractivity contribution in [3.8, 4) is 5.69 Å². The number of aryl methyl sites for hydroxylation is 1. The van der Waals surface area contributed by atoms with Crippen molar-refractivity contribution >= 4 is 23.0 Å². The summed E-state index contributed by atoms with van der Waals surface area (Å²) in [5.74, 6) is -0.454. The van der Waals surface area contributed by atoms with E-state index in [4.69, 9.17) is 12.2 Å². The molecule has 0 bridgehead atoms. The second-order valence-electron chi connectivity index (χ2n) is 8.62. The van der Waals surface area contributed by atoms with E-state index in [1.165, 1.54) is 18.2 Å². The maximum Gasteiger partial charge on any atom is 0.418 e. The van der Waals surface area contributed by atoms with Crippen molar-refractivity contribution < 1.29 is 17.6 Å². The Morgan fingerprint density at radius 3 is 2.25 bits per heavy atom. The Kier molecular flexibility index (Phi) is 6.04. The monoisotopic (exact) mass is 510 g/mol. The van der Waals surface area contributed by atoms with Crippen LogP contribution in [0, 0.1) is 19.7 Å². The van der Waals surface area contributed by atoms with Crippen molar-refractivity contribution in [2.24, 2.45) is 0 Å². The standard InChI is InChI=1S/C27H22F4N4S/c1-16-15-18(17(2)34(16)22-12-5-3-9-19(22)27(29,30)31)25-24(21-11-7-8-14-32-21)33-26(36)35(25)23-13-6-4-10-20(23)28/h3-15,24-25H,1-2H3,(H,33,36)/t24-,25+/m1/s1. The Labute approximate surface area is 211 Å². The van der Waals surface area contributed by atoms with Crippen molar-refractivity contribution in [2.45, 2.75) is 32.1 Å². The van der Waals surface area contributed by atoms with Crippen LogP contribution in [0.25, 0.3) is 5.69 Å². The summed E-state index contributed by atoms with van der Waals surface area (Å²) in [6.45, 7) is 3.53. The van der Waals surface area contributed by atoms with E-state index in [0.717, 1.165) is 11.6 Å². The highest BCUT2D eigenvalue weighted by molar-refractivity contribution is 7.80. The van der Waals surface area contributed by atoms with Crippen LogP contribution < -0.4 is 10.2 Å². The lowest BCUT2D eigenvalue weighted by Crippen LogP contribution is -2.30. The second-order valence-corrected chi connectivity index (χ2v) is 9.01. The average molecular weight is 511 g/mol. The molecular formula is C27H22F4N4S. The molecule has 2 atom stereocenters. The van der Waals surface area contributed by atoms with Crippen LogP contribution in [0.5, 0.6) is 0 Å². The summed E-state index contributed by atoms with van der Waals surface area (Å²) < 4.78 is 58.2. The Bertz CT molecular complexity index is 1430. The van der Waals surface area contributed by atoms with Gasteiger partial charge in [-0.1, -0.05) is 30.3 Å². The van der Waals surface area contributed by atoms with Crippen molar-refractivity contribution in [2.75, 3.05) is 4.90 Å². The molecule has 4 aromatic rings. The summed E-state index contributed by atoms with van der Waals surface area (Å²) in [6, 6.07) is 18.1. The number of pyridine rings is 1. The lowest BCUT2D eigenvalue weighted by atomic mass is 9.96. The zero-order chi connectivity index (χ0) is 25.6. The quantitative estimate of drug-likeness (QED) is 0.241. The summed E-state index contributed by atoms with van der Waals surface area (Å²) in [5.41, 5.74) is 2.20. The highest BCUT2D eigenvalue weighted by atomic mass is 32.1. The fourth-order valence-corrected chi connectivity index (χ4v) is 5.28. The van der Waals surface area contributed by atoms with Gasteiger partial charge in [-0.15, -0.1) is 0 Å². The summed E-state index contributed by atoms with van der Waals surface area (Å²) in [5, 5.41) is 3.57. The van der Waals surface area contributed by atoms with Gasteiger partial charge in [-0.3, -0.25) is 4.98 Å². The minimum atomic E-state index is -4.52. The van der Waals surface area contributed by atoms with E-state index in [1.54, 1.807) is 59.8 Å². The van der Waals surface area contributed by atoms with Crippen molar-refractivity contribution in [1.29, 1.82) is 0 Å². The summed E-state index contributed by atoms with van der Waals surface area (Å²) in [6.07, 6.45) is -2.86. The van der Waals surface area contributed by atoms with Crippen LogP contribution in [0.2, 0.25) is 0 Å². The van der Waals surface area contributed by atoms with E-state index in [9.17, 15) is 17.6 Å². The smallest absolute Gasteiger partial charge is 0.351 e. The number of benzene rings is 2. The molecule has 3 heterocycles. The van der Waals surface area contributed by atoms with E-state index in [-0.39, 0.29) is 11.4 Å². The summed E-state index contributed by atoms with van der Waals surface area (Å²) in [4.78, 5) is 6.17. The predicted octanol–water partition coefficient (Wildman–Crippen LogP) is 6.82. The number of aromatic nitrogens is 2. The first kappa shape index (κ1) is 24.0. The number of thiocarbonyl (C=S) groups is 1. The molecule has 4 nitrogen and oxygen atoms in total. The maximum atomic E-state index is 15.0. The number of rotatable bonds is 4. The number of nitrogens with zero attached hydrogens (tertiary/aromatic N) is 3. The molecular weight excluding hydrogens is 488 g/mol. The average Bonchev–Trinajstić information content (AvgIpc) is 3.34. The van der Waals surface area contributed by atoms with Gasteiger partial charge in [0.2, 0.25) is 0 Å². The maximum absolute atomic E-state index is 15.0. The highest BCUT2D eigenvalue weighted by Gasteiger charge is 2.43. The molecule has 1 fully saturated rings. The first-order valence-corrected chi connectivity index (χ1v) is 11.7. The number of hydrogen-bond donors (Lipinski definition) is 1. The fourth-order valence-electron chi connectivity index (χ4n) is 4.94. The molecule has 2 aromatic carbocycles. The van der Waals surface area contributed by atoms with Crippen LogP contribution in [-0.2, 0) is 6.18 Å². The lowest BCUT2D eigenvalue weighted by Gasteiger charge is -2.28. The minimum Gasteiger partial charge on any atom is -0.351 e. The molecule has 1 N–H and O–H groups in total. The van der Waals surface area contributed by atoms with Crippen LogP contribution in [0.3, 0.4) is 0 Å². The molecule has 9 heteroatoms. The third kappa shape index (κ3) is 4.03. The van der Waals surface area contributed by atoms with Crippen LogP contribution in [-0.4, -0.2) is 14.7 Å². The van der Waals surface area contributed by atoms with E-state index < -0.39 is 29.6 Å². The molecule has 5 rings (SSSR count). The molecule has 0 unspecified atom stereocenters. The van der Waals surface area contributed by atoms with Gasteiger partial charge in [-0.25, -0.2) is 4.39 Å². The molecule has 1 saturated heterocycles. The third-order valence-electron chi connectivity index (χ3n) is 6.45. The van der Waals surface area contributed by atoms with Crippen molar-refractivity contribution in [3.05, 3.63) is 113 Å². The van der Waals surface area contributed by atoms with E-state index in [0.29, 0.717) is 22.2 Å². The van der Waals surface area contributed by atoms with Gasteiger partial charge in [-0.2, -0.15) is 13.2 Å². The Hall–Kier alpha value is -3.72. The summed E-state index contributed by atoms with van der Waals surface area (Å²) >= 11 is 5.65. The zero-order valence-corrected chi connectivity index (χ0v) is 20.2. The molecule has 0 aliphatic carbocycles. The number of hydrogen-bond acceptors (Lipinski definition) is 2. The molecule has 0 radical (unpaired) electrons. The molecule has 0 spiro atoms. The van der Waals surface area contributed by atoms with Gasteiger partial charge in [0.1, 0.15) is 5.82 Å². The van der Waals surface area contributed by atoms with Gasteiger partial charge in [0.15, 0.2) is 5.11 Å². The van der Waals surface area contributed by atoms with Crippen LogP contribution in [0.4, 0.5) is 23.2 Å². The van der Waals surface area contributed by atoms with Crippen LogP contribution in [0.1, 0.15) is 40.3 Å². The highest BCUT2D eigenvalue weighted by Crippen LogP contribution is 2.45. The van der Waals surface area contributed by atoms with Crippen molar-refractivity contribution in [3.63, 3.8) is 0 Å². The second kappa shape index (κ2) is 9.05. The first-order chi connectivity index (χ1) is 17.2. The number of nitrogens with one attached hydrogen (secondary N) is 1. The molecule has 1 aliphatic rings. The number of alkyl halides is 3. The number of anilines is 1. The summed E-state index contributed by atoms with van der Waals surface area (Å²) in [7, 11) is 0. The minimum absolute atomic E-state index is 0.0339. The van der Waals surface area contributed by atoms with Gasteiger partial charge < -0.3 is 14.8 Å². The molecule has 36 heavy (non-hydrogen) atoms. The Balaban J connectivity index is 1.72. The van der Waals surface area contributed by atoms with Crippen LogP contribution in [0.15, 0.2) is 79.0 Å². The Morgan fingerprint density at radius 2 is 1.58 bits per heavy atom. The topological polar surface area (TPSA) is 33.1 Å². The van der Waals surface area contributed by atoms with E-state index in [1.807, 2.05) is 18.2 Å². The molecule has 184 valence electrons. The van der Waals surface area contributed by atoms with Gasteiger partial charge in [0.25, 0.3) is 0 Å². The van der Waals surface area contributed by atoms with Gasteiger partial charge in [-0.05, 0) is 74.1 Å². The Morgan fingerprint density at radius 1 is 0.917 bits per heavy atom. The molecule has 2 aromatic heterocycles. The van der Waals surface area contributed by atoms with Crippen molar-refractivity contribution in [1.82, 2.24) is 14.9 Å². The number of para-hydroxylation sites is 2. The molecule has 1 aliphatic heterocycles. The SMILES string of the molecule is Cc1cc([C@H]2[C@@H](c3ccccn3)NC(=S)N2c2ccccc2F)c(C)n1-c1ccccc1C(F)(F)F. The predicted molar refractivity (Wildman–Crippen MR) is 135 cm³/mol. The largest absolute Gasteiger partial charge is 0.418 e. The zero-order valence-electron chi connectivity index (χ0n) is 19.4. The van der Waals surface area contributed by atoms with E-state index in [2.05, 4.69) is 10.3 Å². The third-order valence-corrected chi connectivity index (χ3v) is 6.76. The van der Waals surface area contributed by atoms with Gasteiger partial charge >= 0.3 is 6.18 Å². The molecule has 0 amide bonds. The van der Waals surface area contributed by atoms with Gasteiger partial charge in [0, 0.05) is 17.6 Å². The van der Waals surface area contributed by atoms with Crippen LogP contribution >= 0.6 is 12.2 Å². The first-order valence-electron chi connectivity index (χ1n) is 11.3. The van der Waals surface area contributed by atoms with Gasteiger partial charge in [0.05, 0.1) is 34.7 Å². The lowest BCUT2D eigenvalue weighted by molar-refractivity contribution is -0.137. The molecule has 0 saturated carbocycles. The van der Waals surface area contributed by atoms with E-state index >= 15 is 0 Å². The normalized spacial score (nSPS) is 17.9. The number of halogens is 4.